The summed E-state index contributed by atoms with van der Waals surface area (Å²) in [7, 11) is 0. The summed E-state index contributed by atoms with van der Waals surface area (Å²) in [5.41, 5.74) is 4.03. The van der Waals surface area contributed by atoms with Crippen molar-refractivity contribution >= 4 is 39.9 Å². The zero-order valence-corrected chi connectivity index (χ0v) is 20.6. The van der Waals surface area contributed by atoms with Gasteiger partial charge >= 0.3 is 12.0 Å². The molecule has 182 valence electrons. The third-order valence-corrected chi connectivity index (χ3v) is 8.23. The van der Waals surface area contributed by atoms with Gasteiger partial charge in [0.1, 0.15) is 11.0 Å². The number of carbonyl (C=O) groups is 3. The number of aliphatic carboxylic acids is 1. The smallest absolute Gasteiger partial charge is 0.326 e. The van der Waals surface area contributed by atoms with Crippen molar-refractivity contribution in [2.45, 2.75) is 77.7 Å². The van der Waals surface area contributed by atoms with Crippen LogP contribution in [0.1, 0.15) is 76.9 Å². The number of benzene rings is 1. The molecule has 0 saturated heterocycles. The van der Waals surface area contributed by atoms with Crippen molar-refractivity contribution in [3.8, 4) is 0 Å². The molecule has 1 heterocycles. The van der Waals surface area contributed by atoms with Gasteiger partial charge in [0, 0.05) is 10.6 Å². The fourth-order valence-electron chi connectivity index (χ4n) is 5.22. The van der Waals surface area contributed by atoms with Gasteiger partial charge in [-0.05, 0) is 75.0 Å². The molecule has 4 N–H and O–H groups in total. The van der Waals surface area contributed by atoms with Crippen LogP contribution in [0.4, 0.5) is 15.5 Å². The Kier molecular flexibility index (Phi) is 7.56. The van der Waals surface area contributed by atoms with Crippen molar-refractivity contribution in [1.82, 2.24) is 5.32 Å². The topological polar surface area (TPSA) is 108 Å². The van der Waals surface area contributed by atoms with E-state index in [1.54, 1.807) is 0 Å². The molecule has 1 saturated carbocycles. The molecule has 2 aliphatic carbocycles. The first-order chi connectivity index (χ1) is 16.3. The van der Waals surface area contributed by atoms with Crippen LogP contribution in [0.2, 0.25) is 0 Å². The zero-order chi connectivity index (χ0) is 24.2. The molecule has 0 aliphatic heterocycles. The summed E-state index contributed by atoms with van der Waals surface area (Å²) >= 11 is 1.43. The van der Waals surface area contributed by atoms with Crippen LogP contribution in [-0.4, -0.2) is 29.1 Å². The maximum absolute atomic E-state index is 13.5. The lowest BCUT2D eigenvalue weighted by molar-refractivity contribution is -0.141. The van der Waals surface area contributed by atoms with Crippen LogP contribution in [-0.2, 0) is 17.6 Å². The molecular weight excluding hydrogens is 450 g/mol. The van der Waals surface area contributed by atoms with Crippen LogP contribution in [0.3, 0.4) is 0 Å². The van der Waals surface area contributed by atoms with Crippen molar-refractivity contribution in [2.75, 3.05) is 10.6 Å². The Bertz CT molecular complexity index is 1070. The SMILES string of the molecule is Cc1cccc(C)c1NC(=O)Nc1sc2c(c1C(=O)N[C@H](C(=O)O)C1CCCCC1)CCCC2. The van der Waals surface area contributed by atoms with Gasteiger partial charge in [0.15, 0.2) is 0 Å². The molecular formula is C26H33N3O4S. The highest BCUT2D eigenvalue weighted by molar-refractivity contribution is 7.17. The number of carbonyl (C=O) groups excluding carboxylic acids is 2. The first-order valence-electron chi connectivity index (χ1n) is 12.2. The molecule has 2 aromatic rings. The molecule has 1 aromatic carbocycles. The van der Waals surface area contributed by atoms with Crippen molar-refractivity contribution in [3.05, 3.63) is 45.3 Å². The summed E-state index contributed by atoms with van der Waals surface area (Å²) in [6, 6.07) is 4.48. The predicted octanol–water partition coefficient (Wildman–Crippen LogP) is 5.65. The Morgan fingerprint density at radius 1 is 0.971 bits per heavy atom. The molecule has 2 aliphatic rings. The third-order valence-electron chi connectivity index (χ3n) is 7.02. The minimum atomic E-state index is -0.994. The number of nitrogens with one attached hydrogen (secondary N) is 3. The molecule has 1 fully saturated rings. The number of thiophene rings is 1. The van der Waals surface area contributed by atoms with Gasteiger partial charge in [-0.3, -0.25) is 10.1 Å². The zero-order valence-electron chi connectivity index (χ0n) is 19.8. The average Bonchev–Trinajstić information content (AvgIpc) is 3.18. The third kappa shape index (κ3) is 5.27. The summed E-state index contributed by atoms with van der Waals surface area (Å²) < 4.78 is 0. The molecule has 3 amide bonds. The molecule has 4 rings (SSSR count). The molecule has 1 atom stereocenters. The van der Waals surface area contributed by atoms with E-state index in [1.165, 1.54) is 11.3 Å². The minimum Gasteiger partial charge on any atom is -0.480 e. The summed E-state index contributed by atoms with van der Waals surface area (Å²) in [6.07, 6.45) is 8.35. The molecule has 8 heteroatoms. The lowest BCUT2D eigenvalue weighted by Gasteiger charge is -2.28. The quantitative estimate of drug-likeness (QED) is 0.426. The summed E-state index contributed by atoms with van der Waals surface area (Å²) in [5.74, 6) is -1.46. The van der Waals surface area contributed by atoms with E-state index < -0.39 is 23.9 Å². The number of anilines is 2. The van der Waals surface area contributed by atoms with Crippen LogP contribution in [0.15, 0.2) is 18.2 Å². The molecule has 0 spiro atoms. The van der Waals surface area contributed by atoms with Crippen LogP contribution in [0.5, 0.6) is 0 Å². The summed E-state index contributed by atoms with van der Waals surface area (Å²) in [6.45, 7) is 3.87. The molecule has 0 bridgehead atoms. The second kappa shape index (κ2) is 10.6. The first-order valence-corrected chi connectivity index (χ1v) is 13.0. The van der Waals surface area contributed by atoms with Gasteiger partial charge in [-0.1, -0.05) is 37.5 Å². The van der Waals surface area contributed by atoms with E-state index in [1.807, 2.05) is 32.0 Å². The number of aryl methyl sites for hydroxylation is 3. The van der Waals surface area contributed by atoms with E-state index in [9.17, 15) is 19.5 Å². The highest BCUT2D eigenvalue weighted by atomic mass is 32.1. The van der Waals surface area contributed by atoms with E-state index in [0.29, 0.717) is 10.6 Å². The van der Waals surface area contributed by atoms with Gasteiger partial charge in [-0.25, -0.2) is 9.59 Å². The Morgan fingerprint density at radius 3 is 2.32 bits per heavy atom. The van der Waals surface area contributed by atoms with Gasteiger partial charge in [-0.15, -0.1) is 11.3 Å². The Hall–Kier alpha value is -2.87. The van der Waals surface area contributed by atoms with Gasteiger partial charge in [-0.2, -0.15) is 0 Å². The molecule has 0 unspecified atom stereocenters. The van der Waals surface area contributed by atoms with Crippen molar-refractivity contribution in [3.63, 3.8) is 0 Å². The van der Waals surface area contributed by atoms with Crippen LogP contribution >= 0.6 is 11.3 Å². The average molecular weight is 484 g/mol. The molecule has 1 aromatic heterocycles. The highest BCUT2D eigenvalue weighted by Gasteiger charge is 2.34. The van der Waals surface area contributed by atoms with Crippen molar-refractivity contribution in [2.24, 2.45) is 5.92 Å². The summed E-state index contributed by atoms with van der Waals surface area (Å²) in [4.78, 5) is 39.5. The largest absolute Gasteiger partial charge is 0.480 e. The number of fused-ring (bicyclic) bond motifs is 1. The number of urea groups is 1. The number of hydrogen-bond acceptors (Lipinski definition) is 4. The van der Waals surface area contributed by atoms with E-state index in [4.69, 9.17) is 0 Å². The number of amides is 3. The fourth-order valence-corrected chi connectivity index (χ4v) is 6.50. The fraction of sp³-hybridized carbons (Fsp3) is 0.500. The van der Waals surface area contributed by atoms with Crippen molar-refractivity contribution < 1.29 is 19.5 Å². The van der Waals surface area contributed by atoms with Gasteiger partial charge in [0.25, 0.3) is 5.91 Å². The van der Waals surface area contributed by atoms with Gasteiger partial charge < -0.3 is 15.7 Å². The normalized spacial score (nSPS) is 16.9. The first kappa shape index (κ1) is 24.3. The standard InChI is InChI=1S/C26H33N3O4S/c1-15-9-8-10-16(2)21(15)28-26(33)29-24-20(18-13-6-7-14-19(18)34-24)23(30)27-22(25(31)32)17-11-4-3-5-12-17/h8-10,17,22H,3-7,11-14H2,1-2H3,(H,27,30)(H,31,32)(H2,28,29,33)/t22-/m0/s1. The van der Waals surface area contributed by atoms with Crippen LogP contribution in [0, 0.1) is 19.8 Å². The van der Waals surface area contributed by atoms with Crippen LogP contribution in [0.25, 0.3) is 0 Å². The Labute approximate surface area is 204 Å². The highest BCUT2D eigenvalue weighted by Crippen LogP contribution is 2.38. The van der Waals surface area contributed by atoms with Gasteiger partial charge in [0.2, 0.25) is 0 Å². The lowest BCUT2D eigenvalue weighted by atomic mass is 9.83. The molecule has 0 radical (unpaired) electrons. The maximum Gasteiger partial charge on any atom is 0.326 e. The number of carboxylic acids is 1. The second-order valence-corrected chi connectivity index (χ2v) is 10.6. The Morgan fingerprint density at radius 2 is 1.65 bits per heavy atom. The number of hydrogen-bond donors (Lipinski definition) is 4. The number of para-hydroxylation sites is 1. The maximum atomic E-state index is 13.5. The number of carboxylic acid groups (broad SMARTS) is 1. The van der Waals surface area contributed by atoms with E-state index in [2.05, 4.69) is 16.0 Å². The van der Waals surface area contributed by atoms with Crippen LogP contribution < -0.4 is 16.0 Å². The van der Waals surface area contributed by atoms with E-state index >= 15 is 0 Å². The Balaban J connectivity index is 1.58. The van der Waals surface area contributed by atoms with Crippen molar-refractivity contribution in [1.29, 1.82) is 0 Å². The number of rotatable bonds is 6. The predicted molar refractivity (Wildman–Crippen MR) is 135 cm³/mol. The molecule has 34 heavy (non-hydrogen) atoms. The van der Waals surface area contributed by atoms with E-state index in [0.717, 1.165) is 85.0 Å². The summed E-state index contributed by atoms with van der Waals surface area (Å²) in [5, 5.41) is 19.0. The molecule has 7 nitrogen and oxygen atoms in total. The minimum absolute atomic E-state index is 0.0617. The second-order valence-electron chi connectivity index (χ2n) is 9.45. The van der Waals surface area contributed by atoms with Gasteiger partial charge in [0.05, 0.1) is 5.56 Å². The van der Waals surface area contributed by atoms with E-state index in [-0.39, 0.29) is 5.92 Å². The lowest BCUT2D eigenvalue weighted by Crippen LogP contribution is -2.46. The monoisotopic (exact) mass is 483 g/mol.